The predicted molar refractivity (Wildman–Crippen MR) is 151 cm³/mol. The molecule has 0 fully saturated rings. The Hall–Kier alpha value is -4.33. The summed E-state index contributed by atoms with van der Waals surface area (Å²) in [7, 11) is -1.24. The summed E-state index contributed by atoms with van der Waals surface area (Å²) in [5.41, 5.74) is 1.25. The number of sulfonamides is 1. The van der Waals surface area contributed by atoms with E-state index in [0.29, 0.717) is 41.2 Å². The second kappa shape index (κ2) is 11.3. The van der Waals surface area contributed by atoms with E-state index in [1.165, 1.54) is 32.4 Å². The minimum Gasteiger partial charge on any atom is -0.494 e. The largest absolute Gasteiger partial charge is 0.494 e. The van der Waals surface area contributed by atoms with E-state index in [0.717, 1.165) is 0 Å². The minimum atomic E-state index is -4.24. The molecule has 212 valence electrons. The van der Waals surface area contributed by atoms with E-state index in [9.17, 15) is 12.8 Å². The first-order valence-electron chi connectivity index (χ1n) is 12.2. The number of pyridine rings is 1. The molecule has 0 aliphatic carbocycles. The third kappa shape index (κ3) is 5.26. The van der Waals surface area contributed by atoms with Crippen LogP contribution < -0.4 is 19.3 Å². The maximum atomic E-state index is 13.6. The Bertz CT molecular complexity index is 1860. The Balaban J connectivity index is 1.91. The molecule has 0 radical (unpaired) electrons. The molecular formula is C27H24ClFN6O5S. The van der Waals surface area contributed by atoms with Gasteiger partial charge in [0.25, 0.3) is 0 Å². The third-order valence-electron chi connectivity index (χ3n) is 6.08. The lowest BCUT2D eigenvalue weighted by Gasteiger charge is -2.17. The molecule has 0 aliphatic heterocycles. The predicted octanol–water partition coefficient (Wildman–Crippen LogP) is 4.73. The molecule has 2 aromatic carbocycles. The number of ether oxygens (including phenoxy) is 3. The third-order valence-corrected chi connectivity index (χ3v) is 7.32. The van der Waals surface area contributed by atoms with E-state index in [2.05, 4.69) is 15.0 Å². The SMILES string of the molecule is CCOc1cccc(-c2nc3nc(Cl)c(-c4cc(CF)ccc4S(N)(=O)=O)nc3n2-c2c(OC)cccc2OC)n1. The molecule has 3 aromatic heterocycles. The van der Waals surface area contributed by atoms with Gasteiger partial charge in [-0.1, -0.05) is 29.8 Å². The maximum absolute atomic E-state index is 13.6. The van der Waals surface area contributed by atoms with Crippen molar-refractivity contribution in [2.45, 2.75) is 18.5 Å². The van der Waals surface area contributed by atoms with E-state index < -0.39 is 16.7 Å². The van der Waals surface area contributed by atoms with Crippen LogP contribution in [0.25, 0.3) is 39.8 Å². The Morgan fingerprint density at radius 1 is 0.976 bits per heavy atom. The fourth-order valence-electron chi connectivity index (χ4n) is 4.34. The number of halogens is 2. The zero-order valence-electron chi connectivity index (χ0n) is 22.1. The van der Waals surface area contributed by atoms with Crippen molar-refractivity contribution in [2.75, 3.05) is 20.8 Å². The first kappa shape index (κ1) is 28.2. The van der Waals surface area contributed by atoms with Crippen LogP contribution in [0.2, 0.25) is 5.15 Å². The van der Waals surface area contributed by atoms with E-state index >= 15 is 0 Å². The van der Waals surface area contributed by atoms with Crippen LogP contribution >= 0.6 is 11.6 Å². The Labute approximate surface area is 239 Å². The molecule has 0 aliphatic rings. The number of rotatable bonds is 9. The molecule has 0 amide bonds. The van der Waals surface area contributed by atoms with Gasteiger partial charge < -0.3 is 14.2 Å². The quantitative estimate of drug-likeness (QED) is 0.254. The number of benzene rings is 2. The number of hydrogen-bond donors (Lipinski definition) is 1. The number of nitrogens with zero attached hydrogens (tertiary/aromatic N) is 5. The van der Waals surface area contributed by atoms with Gasteiger partial charge in [-0.2, -0.15) is 0 Å². The van der Waals surface area contributed by atoms with Crippen molar-refractivity contribution < 1.29 is 27.0 Å². The summed E-state index contributed by atoms with van der Waals surface area (Å²) in [5.74, 6) is 1.49. The molecule has 11 nitrogen and oxygen atoms in total. The summed E-state index contributed by atoms with van der Waals surface area (Å²) < 4.78 is 57.1. The van der Waals surface area contributed by atoms with Crippen LogP contribution in [0.1, 0.15) is 12.5 Å². The summed E-state index contributed by atoms with van der Waals surface area (Å²) >= 11 is 6.56. The summed E-state index contributed by atoms with van der Waals surface area (Å²) in [5, 5.41) is 5.31. The van der Waals surface area contributed by atoms with Gasteiger partial charge in [0.1, 0.15) is 35.2 Å². The molecule has 0 atom stereocenters. The minimum absolute atomic E-state index is 0.0141. The monoisotopic (exact) mass is 598 g/mol. The molecule has 0 bridgehead atoms. The standard InChI is InChI=1S/C27H24ClFN6O5S/c1-4-40-21-10-5-7-17(31-21)26-34-25-27(35(26)23-18(38-2)8-6-9-19(23)39-3)32-22(24(28)33-25)16-13-15(14-29)11-12-20(16)41(30,36)37/h5-13H,4,14H2,1-3H3,(H2,30,36,37). The summed E-state index contributed by atoms with van der Waals surface area (Å²) in [6.45, 7) is 1.39. The molecule has 5 aromatic rings. The summed E-state index contributed by atoms with van der Waals surface area (Å²) in [6, 6.07) is 14.3. The van der Waals surface area contributed by atoms with Gasteiger partial charge in [0.2, 0.25) is 15.9 Å². The van der Waals surface area contributed by atoms with Crippen LogP contribution in [0.15, 0.2) is 59.5 Å². The van der Waals surface area contributed by atoms with Gasteiger partial charge in [-0.05, 0) is 42.8 Å². The van der Waals surface area contributed by atoms with Crippen LogP contribution in [0.3, 0.4) is 0 Å². The van der Waals surface area contributed by atoms with E-state index in [1.54, 1.807) is 41.0 Å². The lowest BCUT2D eigenvalue weighted by atomic mass is 10.1. The van der Waals surface area contributed by atoms with Crippen molar-refractivity contribution >= 4 is 32.9 Å². The van der Waals surface area contributed by atoms with Crippen molar-refractivity contribution in [3.05, 3.63) is 65.3 Å². The van der Waals surface area contributed by atoms with Gasteiger partial charge in [-0.3, -0.25) is 4.57 Å². The number of methoxy groups -OCH3 is 2. The molecule has 5 rings (SSSR count). The second-order valence-electron chi connectivity index (χ2n) is 8.60. The van der Waals surface area contributed by atoms with Gasteiger partial charge in [-0.15, -0.1) is 0 Å². The lowest BCUT2D eigenvalue weighted by Crippen LogP contribution is -2.14. The first-order chi connectivity index (χ1) is 19.7. The number of nitrogens with two attached hydrogens (primary N) is 1. The summed E-state index contributed by atoms with van der Waals surface area (Å²) in [6.07, 6.45) is 0. The molecule has 3 heterocycles. The van der Waals surface area contributed by atoms with Gasteiger partial charge in [0.15, 0.2) is 22.3 Å². The Kier molecular flexibility index (Phi) is 7.76. The van der Waals surface area contributed by atoms with Crippen LogP contribution in [0.5, 0.6) is 17.4 Å². The van der Waals surface area contributed by atoms with Gasteiger partial charge >= 0.3 is 0 Å². The fourth-order valence-corrected chi connectivity index (χ4v) is 5.29. The first-order valence-corrected chi connectivity index (χ1v) is 14.1. The Morgan fingerprint density at radius 3 is 2.32 bits per heavy atom. The summed E-state index contributed by atoms with van der Waals surface area (Å²) in [4.78, 5) is 18.1. The van der Waals surface area contributed by atoms with Crippen LogP contribution in [-0.2, 0) is 16.7 Å². The van der Waals surface area contributed by atoms with E-state index in [4.69, 9.17) is 35.9 Å². The number of aromatic nitrogens is 5. The highest BCUT2D eigenvalue weighted by Crippen LogP contribution is 2.39. The highest BCUT2D eigenvalue weighted by atomic mass is 35.5. The molecule has 0 unspecified atom stereocenters. The van der Waals surface area contributed by atoms with E-state index in [1.807, 2.05) is 6.92 Å². The highest BCUT2D eigenvalue weighted by Gasteiger charge is 2.27. The van der Waals surface area contributed by atoms with Crippen molar-refractivity contribution in [1.29, 1.82) is 0 Å². The number of para-hydroxylation sites is 1. The average molecular weight is 599 g/mol. The number of fused-ring (bicyclic) bond motifs is 1. The molecule has 0 spiro atoms. The zero-order valence-corrected chi connectivity index (χ0v) is 23.7. The highest BCUT2D eigenvalue weighted by molar-refractivity contribution is 7.89. The number of hydrogen-bond acceptors (Lipinski definition) is 9. The molecule has 0 saturated heterocycles. The second-order valence-corrected chi connectivity index (χ2v) is 10.5. The molecular weight excluding hydrogens is 575 g/mol. The molecule has 0 saturated carbocycles. The average Bonchev–Trinajstić information content (AvgIpc) is 3.33. The molecule has 41 heavy (non-hydrogen) atoms. The zero-order chi connectivity index (χ0) is 29.3. The molecule has 14 heteroatoms. The number of alkyl halides is 1. The number of imidazole rings is 1. The molecule has 2 N–H and O–H groups in total. The van der Waals surface area contributed by atoms with Gasteiger partial charge in [-0.25, -0.2) is 37.9 Å². The van der Waals surface area contributed by atoms with Crippen molar-refractivity contribution in [3.8, 4) is 45.8 Å². The normalized spacial score (nSPS) is 11.6. The van der Waals surface area contributed by atoms with Crippen LogP contribution in [0.4, 0.5) is 4.39 Å². The van der Waals surface area contributed by atoms with Crippen LogP contribution in [0, 0.1) is 0 Å². The van der Waals surface area contributed by atoms with Crippen molar-refractivity contribution in [1.82, 2.24) is 24.5 Å². The Morgan fingerprint density at radius 2 is 1.68 bits per heavy atom. The fraction of sp³-hybridized carbons (Fsp3) is 0.185. The van der Waals surface area contributed by atoms with Crippen molar-refractivity contribution in [3.63, 3.8) is 0 Å². The maximum Gasteiger partial charge on any atom is 0.238 e. The number of primary sulfonamides is 1. The van der Waals surface area contributed by atoms with Crippen molar-refractivity contribution in [2.24, 2.45) is 5.14 Å². The van der Waals surface area contributed by atoms with Gasteiger partial charge in [0.05, 0.1) is 25.7 Å². The topological polar surface area (TPSA) is 144 Å². The van der Waals surface area contributed by atoms with Gasteiger partial charge in [0, 0.05) is 11.6 Å². The lowest BCUT2D eigenvalue weighted by molar-refractivity contribution is 0.327. The smallest absolute Gasteiger partial charge is 0.238 e. The van der Waals surface area contributed by atoms with E-state index in [-0.39, 0.29) is 38.2 Å². The van der Waals surface area contributed by atoms with Crippen LogP contribution in [-0.4, -0.2) is 53.7 Å².